The molecule has 0 radical (unpaired) electrons. The largest absolute Gasteiger partial charge is 0.497 e. The molecule has 0 unspecified atom stereocenters. The van der Waals surface area contributed by atoms with Crippen molar-refractivity contribution in [2.45, 2.75) is 19.0 Å². The molecule has 2 heterocycles. The van der Waals surface area contributed by atoms with Gasteiger partial charge in [-0.05, 0) is 48.9 Å². The van der Waals surface area contributed by atoms with Crippen LogP contribution in [0.1, 0.15) is 21.6 Å². The number of carbonyl (C=O) groups excluding carboxylic acids is 1. The molecule has 1 atom stereocenters. The second kappa shape index (κ2) is 7.08. The van der Waals surface area contributed by atoms with Crippen LogP contribution in [0.25, 0.3) is 10.9 Å². The lowest BCUT2D eigenvalue weighted by molar-refractivity contribution is 0.0728. The Kier molecular flexibility index (Phi) is 4.62. The molecule has 1 aliphatic rings. The van der Waals surface area contributed by atoms with Gasteiger partial charge in [0.1, 0.15) is 11.4 Å². The lowest BCUT2D eigenvalue weighted by Gasteiger charge is -2.36. The van der Waals surface area contributed by atoms with Crippen LogP contribution < -0.4 is 4.74 Å². The Balaban J connectivity index is 1.49. The molecule has 0 fully saturated rings. The van der Waals surface area contributed by atoms with Gasteiger partial charge in [0.05, 0.1) is 7.11 Å². The van der Waals surface area contributed by atoms with E-state index in [-0.39, 0.29) is 5.91 Å². The summed E-state index contributed by atoms with van der Waals surface area (Å²) in [5.74, 6) is 0.800. The van der Waals surface area contributed by atoms with Crippen molar-refractivity contribution in [2.75, 3.05) is 27.7 Å². The van der Waals surface area contributed by atoms with Crippen molar-refractivity contribution in [3.05, 3.63) is 65.4 Å². The van der Waals surface area contributed by atoms with Gasteiger partial charge in [0.2, 0.25) is 0 Å². The second-order valence-electron chi connectivity index (χ2n) is 7.36. The zero-order valence-corrected chi connectivity index (χ0v) is 16.0. The summed E-state index contributed by atoms with van der Waals surface area (Å²) in [6.07, 6.45) is 0.966. The maximum absolute atomic E-state index is 12.9. The Bertz CT molecular complexity index is 979. The Labute approximate surface area is 159 Å². The highest BCUT2D eigenvalue weighted by Crippen LogP contribution is 2.24. The summed E-state index contributed by atoms with van der Waals surface area (Å²) in [4.78, 5) is 20.3. The van der Waals surface area contributed by atoms with Gasteiger partial charge in [-0.3, -0.25) is 9.69 Å². The average Bonchev–Trinajstić information content (AvgIpc) is 3.11. The standard InChI is InChI=1S/C22H25N3O2/c1-24-13-16-7-5-4-6-15(16)10-18(24)14-25(2)22(26)21-12-17-11-19(27-3)8-9-20(17)23-21/h4-9,11-12,18,23H,10,13-14H2,1-3H3/t18-/m1/s1. The zero-order valence-electron chi connectivity index (χ0n) is 16.0. The first-order valence-corrected chi connectivity index (χ1v) is 9.24. The van der Waals surface area contributed by atoms with Crippen LogP contribution in [0.15, 0.2) is 48.5 Å². The number of hydrogen-bond acceptors (Lipinski definition) is 3. The number of nitrogens with zero attached hydrogens (tertiary/aromatic N) is 2. The number of aromatic nitrogens is 1. The first kappa shape index (κ1) is 17.6. The van der Waals surface area contributed by atoms with Gasteiger partial charge in [0, 0.05) is 37.1 Å². The van der Waals surface area contributed by atoms with E-state index in [1.54, 1.807) is 7.11 Å². The molecule has 0 bridgehead atoms. The van der Waals surface area contributed by atoms with E-state index >= 15 is 0 Å². The summed E-state index contributed by atoms with van der Waals surface area (Å²) < 4.78 is 5.27. The SMILES string of the molecule is COc1ccc2[nH]c(C(=O)N(C)C[C@H]3Cc4ccccc4CN3C)cc2c1. The van der Waals surface area contributed by atoms with Crippen molar-refractivity contribution in [1.82, 2.24) is 14.8 Å². The van der Waals surface area contributed by atoms with Crippen molar-refractivity contribution in [3.63, 3.8) is 0 Å². The Morgan fingerprint density at radius 3 is 2.78 bits per heavy atom. The van der Waals surface area contributed by atoms with Crippen LogP contribution in [0.3, 0.4) is 0 Å². The first-order chi connectivity index (χ1) is 13.0. The van der Waals surface area contributed by atoms with Gasteiger partial charge in [-0.1, -0.05) is 24.3 Å². The molecule has 0 spiro atoms. The molecule has 2 aromatic carbocycles. The molecule has 0 aliphatic carbocycles. The van der Waals surface area contributed by atoms with E-state index in [1.807, 2.05) is 36.2 Å². The zero-order chi connectivity index (χ0) is 19.0. The number of aromatic amines is 1. The first-order valence-electron chi connectivity index (χ1n) is 9.24. The van der Waals surface area contributed by atoms with Gasteiger partial charge in [0.25, 0.3) is 5.91 Å². The van der Waals surface area contributed by atoms with Crippen molar-refractivity contribution in [3.8, 4) is 5.75 Å². The quantitative estimate of drug-likeness (QED) is 0.774. The maximum Gasteiger partial charge on any atom is 0.270 e. The van der Waals surface area contributed by atoms with Crippen LogP contribution in [-0.4, -0.2) is 54.5 Å². The number of nitrogens with one attached hydrogen (secondary N) is 1. The van der Waals surface area contributed by atoms with Crippen molar-refractivity contribution in [1.29, 1.82) is 0 Å². The number of hydrogen-bond donors (Lipinski definition) is 1. The Morgan fingerprint density at radius 2 is 2.00 bits per heavy atom. The van der Waals surface area contributed by atoms with Gasteiger partial charge in [-0.15, -0.1) is 0 Å². The van der Waals surface area contributed by atoms with Crippen LogP contribution in [0.5, 0.6) is 5.75 Å². The fourth-order valence-electron chi connectivity index (χ4n) is 3.88. The predicted molar refractivity (Wildman–Crippen MR) is 107 cm³/mol. The number of carbonyl (C=O) groups is 1. The highest BCUT2D eigenvalue weighted by atomic mass is 16.5. The second-order valence-corrected chi connectivity index (χ2v) is 7.36. The summed E-state index contributed by atoms with van der Waals surface area (Å²) in [6.45, 7) is 1.62. The maximum atomic E-state index is 12.9. The molecule has 1 aromatic heterocycles. The van der Waals surface area contributed by atoms with E-state index in [0.29, 0.717) is 18.3 Å². The molecule has 27 heavy (non-hydrogen) atoms. The monoisotopic (exact) mass is 363 g/mol. The Morgan fingerprint density at radius 1 is 1.22 bits per heavy atom. The van der Waals surface area contributed by atoms with Gasteiger partial charge in [0.15, 0.2) is 0 Å². The topological polar surface area (TPSA) is 48.6 Å². The number of amides is 1. The van der Waals surface area contributed by atoms with Gasteiger partial charge in [-0.2, -0.15) is 0 Å². The number of benzene rings is 2. The molecule has 0 saturated carbocycles. The van der Waals surface area contributed by atoms with E-state index in [1.165, 1.54) is 11.1 Å². The van der Waals surface area contributed by atoms with Crippen LogP contribution in [0.4, 0.5) is 0 Å². The number of ether oxygens (including phenoxy) is 1. The highest BCUT2D eigenvalue weighted by molar-refractivity contribution is 5.98. The molecule has 1 aliphatic heterocycles. The molecule has 140 valence electrons. The van der Waals surface area contributed by atoms with Crippen LogP contribution in [0.2, 0.25) is 0 Å². The summed E-state index contributed by atoms with van der Waals surface area (Å²) >= 11 is 0. The minimum Gasteiger partial charge on any atom is -0.497 e. The van der Waals surface area contributed by atoms with Crippen LogP contribution in [0, 0.1) is 0 Å². The summed E-state index contributed by atoms with van der Waals surface area (Å²) in [5, 5.41) is 0.981. The normalized spacial score (nSPS) is 16.9. The van der Waals surface area contributed by atoms with E-state index in [4.69, 9.17) is 4.74 Å². The van der Waals surface area contributed by atoms with Gasteiger partial charge >= 0.3 is 0 Å². The third-order valence-electron chi connectivity index (χ3n) is 5.51. The molecule has 4 rings (SSSR count). The van der Waals surface area contributed by atoms with E-state index in [9.17, 15) is 4.79 Å². The van der Waals surface area contributed by atoms with Crippen LogP contribution in [-0.2, 0) is 13.0 Å². The molecule has 3 aromatic rings. The molecule has 5 nitrogen and oxygen atoms in total. The lowest BCUT2D eigenvalue weighted by atomic mass is 9.94. The van der Waals surface area contributed by atoms with Crippen molar-refractivity contribution < 1.29 is 9.53 Å². The molecular formula is C22H25N3O2. The molecule has 0 saturated heterocycles. The smallest absolute Gasteiger partial charge is 0.270 e. The lowest BCUT2D eigenvalue weighted by Crippen LogP contribution is -2.46. The van der Waals surface area contributed by atoms with E-state index in [2.05, 4.69) is 41.2 Å². The number of rotatable bonds is 4. The summed E-state index contributed by atoms with van der Waals surface area (Å²) in [7, 11) is 5.66. The molecule has 1 N–H and O–H groups in total. The van der Waals surface area contributed by atoms with Crippen molar-refractivity contribution in [2.24, 2.45) is 0 Å². The number of likely N-dealkylation sites (N-methyl/N-ethyl adjacent to an activating group) is 2. The minimum absolute atomic E-state index is 0.0115. The molecular weight excluding hydrogens is 338 g/mol. The predicted octanol–water partition coefficient (Wildman–Crippen LogP) is 3.31. The van der Waals surface area contributed by atoms with Gasteiger partial charge < -0.3 is 14.6 Å². The van der Waals surface area contributed by atoms with Gasteiger partial charge in [-0.25, -0.2) is 0 Å². The number of methoxy groups -OCH3 is 1. The third-order valence-corrected chi connectivity index (χ3v) is 5.51. The number of H-pyrrole nitrogens is 1. The Hall–Kier alpha value is -2.79. The fourth-order valence-corrected chi connectivity index (χ4v) is 3.88. The summed E-state index contributed by atoms with van der Waals surface area (Å²) in [5.41, 5.74) is 4.32. The average molecular weight is 363 g/mol. The van der Waals surface area contributed by atoms with E-state index in [0.717, 1.165) is 29.6 Å². The van der Waals surface area contributed by atoms with E-state index < -0.39 is 0 Å². The van der Waals surface area contributed by atoms with Crippen molar-refractivity contribution >= 4 is 16.8 Å². The fraction of sp³-hybridized carbons (Fsp3) is 0.318. The highest BCUT2D eigenvalue weighted by Gasteiger charge is 2.26. The summed E-state index contributed by atoms with van der Waals surface area (Å²) in [6, 6.07) is 16.6. The minimum atomic E-state index is 0.0115. The third kappa shape index (κ3) is 3.43. The molecule has 1 amide bonds. The number of fused-ring (bicyclic) bond motifs is 2. The van der Waals surface area contributed by atoms with Crippen LogP contribution >= 0.6 is 0 Å². The molecule has 5 heteroatoms.